The van der Waals surface area contributed by atoms with Crippen LogP contribution in [0.15, 0.2) is 18.2 Å². The van der Waals surface area contributed by atoms with Crippen LogP contribution in [0.4, 0.5) is 11.4 Å². The molecule has 6 nitrogen and oxygen atoms in total. The van der Waals surface area contributed by atoms with Gasteiger partial charge in [0.25, 0.3) is 5.69 Å². The van der Waals surface area contributed by atoms with Crippen molar-refractivity contribution in [2.45, 2.75) is 18.9 Å². The van der Waals surface area contributed by atoms with Gasteiger partial charge < -0.3 is 10.6 Å². The molecule has 0 bridgehead atoms. The Morgan fingerprint density at radius 2 is 2.22 bits per heavy atom. The first-order valence-electron chi connectivity index (χ1n) is 5.53. The van der Waals surface area contributed by atoms with E-state index in [-0.39, 0.29) is 23.8 Å². The van der Waals surface area contributed by atoms with Crippen LogP contribution in [-0.2, 0) is 4.79 Å². The third-order valence-electron chi connectivity index (χ3n) is 2.56. The van der Waals surface area contributed by atoms with Gasteiger partial charge in [0.05, 0.1) is 11.5 Å². The van der Waals surface area contributed by atoms with E-state index in [0.29, 0.717) is 11.1 Å². The van der Waals surface area contributed by atoms with Gasteiger partial charge in [-0.15, -0.1) is 0 Å². The zero-order valence-corrected chi connectivity index (χ0v) is 10.2. The lowest BCUT2D eigenvalue weighted by molar-refractivity contribution is -0.383. The number of benzene rings is 1. The molecule has 0 saturated heterocycles. The van der Waals surface area contributed by atoms with Gasteiger partial charge in [-0.05, 0) is 25.0 Å². The molecule has 18 heavy (non-hydrogen) atoms. The van der Waals surface area contributed by atoms with E-state index < -0.39 is 4.92 Å². The van der Waals surface area contributed by atoms with Crippen molar-refractivity contribution < 1.29 is 9.72 Å². The first-order chi connectivity index (χ1) is 8.56. The third kappa shape index (κ3) is 3.41. The van der Waals surface area contributed by atoms with Gasteiger partial charge in [-0.1, -0.05) is 11.6 Å². The van der Waals surface area contributed by atoms with Crippen LogP contribution in [0, 0.1) is 10.1 Å². The van der Waals surface area contributed by atoms with Crippen LogP contribution < -0.4 is 10.6 Å². The SMILES string of the molecule is O=C(CNC1CC1)Nc1cc(Cl)ccc1[N+](=O)[O-]. The van der Waals surface area contributed by atoms with Crippen molar-refractivity contribution in [1.82, 2.24) is 5.32 Å². The van der Waals surface area contributed by atoms with Crippen LogP contribution >= 0.6 is 11.6 Å². The summed E-state index contributed by atoms with van der Waals surface area (Å²) < 4.78 is 0. The number of nitrogens with zero attached hydrogens (tertiary/aromatic N) is 1. The van der Waals surface area contributed by atoms with Gasteiger partial charge in [0, 0.05) is 17.1 Å². The maximum absolute atomic E-state index is 11.6. The average molecular weight is 270 g/mol. The van der Waals surface area contributed by atoms with E-state index in [4.69, 9.17) is 11.6 Å². The lowest BCUT2D eigenvalue weighted by Crippen LogP contribution is -2.29. The van der Waals surface area contributed by atoms with Gasteiger partial charge >= 0.3 is 0 Å². The van der Waals surface area contributed by atoms with Crippen molar-refractivity contribution in [3.63, 3.8) is 0 Å². The van der Waals surface area contributed by atoms with Crippen molar-refractivity contribution >= 4 is 28.9 Å². The molecule has 7 heteroatoms. The minimum absolute atomic E-state index is 0.120. The molecule has 1 aliphatic rings. The first kappa shape index (κ1) is 12.8. The summed E-state index contributed by atoms with van der Waals surface area (Å²) >= 11 is 5.75. The van der Waals surface area contributed by atoms with Gasteiger partial charge in [0.1, 0.15) is 5.69 Å². The van der Waals surface area contributed by atoms with E-state index in [0.717, 1.165) is 12.8 Å². The maximum atomic E-state index is 11.6. The Kier molecular flexibility index (Phi) is 3.78. The number of halogens is 1. The number of anilines is 1. The number of nitrogens with one attached hydrogen (secondary N) is 2. The first-order valence-corrected chi connectivity index (χ1v) is 5.91. The Morgan fingerprint density at radius 3 is 2.83 bits per heavy atom. The number of hydrogen-bond donors (Lipinski definition) is 2. The number of amides is 1. The summed E-state index contributed by atoms with van der Waals surface area (Å²) in [6.07, 6.45) is 2.15. The van der Waals surface area contributed by atoms with E-state index in [1.807, 2.05) is 0 Å². The average Bonchev–Trinajstić information content (AvgIpc) is 3.09. The molecule has 0 atom stereocenters. The van der Waals surface area contributed by atoms with Crippen molar-refractivity contribution in [2.75, 3.05) is 11.9 Å². The molecule has 0 spiro atoms. The summed E-state index contributed by atoms with van der Waals surface area (Å²) in [6, 6.07) is 4.46. The van der Waals surface area contributed by atoms with E-state index >= 15 is 0 Å². The van der Waals surface area contributed by atoms with Crippen LogP contribution in [0.5, 0.6) is 0 Å². The summed E-state index contributed by atoms with van der Waals surface area (Å²) in [6.45, 7) is 0.147. The Balaban J connectivity index is 2.03. The second-order valence-corrected chi connectivity index (χ2v) is 4.56. The molecule has 0 heterocycles. The minimum Gasteiger partial charge on any atom is -0.319 e. The second-order valence-electron chi connectivity index (χ2n) is 4.12. The summed E-state index contributed by atoms with van der Waals surface area (Å²) in [5, 5.41) is 16.6. The molecular weight excluding hydrogens is 258 g/mol. The fraction of sp³-hybridized carbons (Fsp3) is 0.364. The van der Waals surface area contributed by atoms with Gasteiger partial charge in [0.2, 0.25) is 5.91 Å². The number of rotatable bonds is 5. The highest BCUT2D eigenvalue weighted by Crippen LogP contribution is 2.27. The number of carbonyl (C=O) groups excluding carboxylic acids is 1. The van der Waals surface area contributed by atoms with Crippen molar-refractivity contribution in [2.24, 2.45) is 0 Å². The molecule has 0 radical (unpaired) electrons. The number of carbonyl (C=O) groups is 1. The molecule has 96 valence electrons. The fourth-order valence-electron chi connectivity index (χ4n) is 1.49. The molecule has 2 rings (SSSR count). The molecule has 1 saturated carbocycles. The van der Waals surface area contributed by atoms with Gasteiger partial charge in [0.15, 0.2) is 0 Å². The molecular formula is C11H12ClN3O3. The number of nitro groups is 1. The maximum Gasteiger partial charge on any atom is 0.292 e. The molecule has 1 aromatic rings. The topological polar surface area (TPSA) is 84.3 Å². The monoisotopic (exact) mass is 269 g/mol. The van der Waals surface area contributed by atoms with Gasteiger partial charge in [-0.25, -0.2) is 0 Å². The highest BCUT2D eigenvalue weighted by molar-refractivity contribution is 6.31. The largest absolute Gasteiger partial charge is 0.319 e. The molecule has 0 unspecified atom stereocenters. The lowest BCUT2D eigenvalue weighted by atomic mass is 10.2. The molecule has 0 aromatic heterocycles. The van der Waals surface area contributed by atoms with E-state index in [2.05, 4.69) is 10.6 Å². The predicted molar refractivity (Wildman–Crippen MR) is 67.8 cm³/mol. The predicted octanol–water partition coefficient (Wildman–Crippen LogP) is 1.94. The fourth-order valence-corrected chi connectivity index (χ4v) is 1.66. The zero-order chi connectivity index (χ0) is 13.1. The summed E-state index contributed by atoms with van der Waals surface area (Å²) in [5.74, 6) is -0.313. The molecule has 1 fully saturated rings. The number of nitro benzene ring substituents is 1. The second kappa shape index (κ2) is 5.32. The summed E-state index contributed by atoms with van der Waals surface area (Å²) in [7, 11) is 0. The minimum atomic E-state index is -0.555. The van der Waals surface area contributed by atoms with Crippen LogP contribution in [0.2, 0.25) is 5.02 Å². The van der Waals surface area contributed by atoms with Crippen molar-refractivity contribution in [3.8, 4) is 0 Å². The van der Waals surface area contributed by atoms with Gasteiger partial charge in [-0.3, -0.25) is 14.9 Å². The van der Waals surface area contributed by atoms with Crippen LogP contribution in [0.3, 0.4) is 0 Å². The summed E-state index contributed by atoms with van der Waals surface area (Å²) in [4.78, 5) is 21.8. The highest BCUT2D eigenvalue weighted by atomic mass is 35.5. The third-order valence-corrected chi connectivity index (χ3v) is 2.79. The lowest BCUT2D eigenvalue weighted by Gasteiger charge is -2.07. The van der Waals surface area contributed by atoms with E-state index in [9.17, 15) is 14.9 Å². The molecule has 0 aliphatic heterocycles. The Labute approximate surface area is 108 Å². The van der Waals surface area contributed by atoms with Crippen molar-refractivity contribution in [3.05, 3.63) is 33.3 Å². The highest BCUT2D eigenvalue weighted by Gasteiger charge is 2.22. The van der Waals surface area contributed by atoms with Crippen LogP contribution in [0.1, 0.15) is 12.8 Å². The normalized spacial score (nSPS) is 14.3. The Bertz CT molecular complexity index is 488. The van der Waals surface area contributed by atoms with Gasteiger partial charge in [-0.2, -0.15) is 0 Å². The van der Waals surface area contributed by atoms with Crippen LogP contribution in [-0.4, -0.2) is 23.4 Å². The zero-order valence-electron chi connectivity index (χ0n) is 9.48. The molecule has 1 aliphatic carbocycles. The smallest absolute Gasteiger partial charge is 0.292 e. The van der Waals surface area contributed by atoms with E-state index in [1.54, 1.807) is 0 Å². The van der Waals surface area contributed by atoms with Crippen LogP contribution in [0.25, 0.3) is 0 Å². The Morgan fingerprint density at radius 1 is 1.50 bits per heavy atom. The van der Waals surface area contributed by atoms with Crippen molar-refractivity contribution in [1.29, 1.82) is 0 Å². The number of hydrogen-bond acceptors (Lipinski definition) is 4. The summed E-state index contributed by atoms with van der Waals surface area (Å²) in [5.41, 5.74) is -0.0470. The standard InChI is InChI=1S/C11H12ClN3O3/c12-7-1-4-10(15(17)18)9(5-7)14-11(16)6-13-8-2-3-8/h1,4-5,8,13H,2-3,6H2,(H,14,16). The molecule has 1 amide bonds. The molecule has 1 aromatic carbocycles. The van der Waals surface area contributed by atoms with E-state index in [1.165, 1.54) is 18.2 Å². The molecule has 2 N–H and O–H groups in total. The Hall–Kier alpha value is -1.66. The quantitative estimate of drug-likeness (QED) is 0.632.